The van der Waals surface area contributed by atoms with E-state index in [-0.39, 0.29) is 6.03 Å². The van der Waals surface area contributed by atoms with Gasteiger partial charge in [0.2, 0.25) is 0 Å². The molecule has 0 heterocycles. The maximum atomic E-state index is 11.8. The third kappa shape index (κ3) is 3.48. The molecule has 5 nitrogen and oxygen atoms in total. The van der Waals surface area contributed by atoms with Gasteiger partial charge in [-0.05, 0) is 18.6 Å². The summed E-state index contributed by atoms with van der Waals surface area (Å²) < 4.78 is 4.66. The van der Waals surface area contributed by atoms with Crippen molar-refractivity contribution in [3.63, 3.8) is 0 Å². The molecule has 1 N–H and O–H groups in total. The van der Waals surface area contributed by atoms with Crippen LogP contribution in [0.1, 0.15) is 23.7 Å². The first kappa shape index (κ1) is 14.0. The van der Waals surface area contributed by atoms with E-state index in [4.69, 9.17) is 0 Å². The molecule has 0 bridgehead atoms. The third-order valence-corrected chi connectivity index (χ3v) is 2.48. The Morgan fingerprint density at radius 2 is 2.00 bits per heavy atom. The van der Waals surface area contributed by atoms with Gasteiger partial charge in [0.1, 0.15) is 0 Å². The largest absolute Gasteiger partial charge is 0.465 e. The van der Waals surface area contributed by atoms with Crippen LogP contribution in [0.4, 0.5) is 10.5 Å². The second-order valence-electron chi connectivity index (χ2n) is 3.89. The number of esters is 1. The number of nitrogens with zero attached hydrogens (tertiary/aromatic N) is 1. The molecule has 0 radical (unpaired) electrons. The lowest BCUT2D eigenvalue weighted by atomic mass is 10.2. The molecule has 98 valence electrons. The van der Waals surface area contributed by atoms with Crippen LogP contribution in [0.25, 0.3) is 0 Å². The van der Waals surface area contributed by atoms with E-state index in [1.807, 2.05) is 6.92 Å². The number of ether oxygens (including phenoxy) is 1. The number of methoxy groups -OCH3 is 1. The van der Waals surface area contributed by atoms with Gasteiger partial charge in [0.25, 0.3) is 0 Å². The molecular weight excluding hydrogens is 232 g/mol. The summed E-state index contributed by atoms with van der Waals surface area (Å²) >= 11 is 0. The fourth-order valence-electron chi connectivity index (χ4n) is 1.53. The molecule has 0 unspecified atom stereocenters. The number of hydrogen-bond donors (Lipinski definition) is 1. The van der Waals surface area contributed by atoms with Gasteiger partial charge in [-0.2, -0.15) is 0 Å². The molecule has 0 aliphatic rings. The fourth-order valence-corrected chi connectivity index (χ4v) is 1.53. The Balaban J connectivity index is 2.84. The molecule has 0 aromatic heterocycles. The molecule has 18 heavy (non-hydrogen) atoms. The quantitative estimate of drug-likeness (QED) is 0.834. The minimum absolute atomic E-state index is 0.242. The van der Waals surface area contributed by atoms with Gasteiger partial charge in [-0.15, -0.1) is 0 Å². The zero-order valence-corrected chi connectivity index (χ0v) is 10.9. The van der Waals surface area contributed by atoms with Crippen molar-refractivity contribution in [3.05, 3.63) is 29.8 Å². The van der Waals surface area contributed by atoms with Crippen LogP contribution in [0, 0.1) is 0 Å². The number of rotatable bonds is 4. The standard InChI is InChI=1S/C13H18N2O3/c1-4-9-15(2)13(17)14-11-8-6-5-7-10(11)12(16)18-3/h5-8H,4,9H2,1-3H3,(H,14,17). The van der Waals surface area contributed by atoms with Crippen molar-refractivity contribution in [3.8, 4) is 0 Å². The molecule has 2 amide bonds. The van der Waals surface area contributed by atoms with E-state index in [1.54, 1.807) is 36.2 Å². The van der Waals surface area contributed by atoms with E-state index >= 15 is 0 Å². The molecule has 0 aliphatic heterocycles. The summed E-state index contributed by atoms with van der Waals surface area (Å²) in [6, 6.07) is 6.51. The molecule has 0 spiro atoms. The summed E-state index contributed by atoms with van der Waals surface area (Å²) in [7, 11) is 3.02. The number of benzene rings is 1. The highest BCUT2D eigenvalue weighted by atomic mass is 16.5. The van der Waals surface area contributed by atoms with Gasteiger partial charge in [0.15, 0.2) is 0 Å². The number of anilines is 1. The monoisotopic (exact) mass is 250 g/mol. The molecule has 1 rings (SSSR count). The number of urea groups is 1. The van der Waals surface area contributed by atoms with E-state index < -0.39 is 5.97 Å². The number of para-hydroxylation sites is 1. The van der Waals surface area contributed by atoms with E-state index in [0.29, 0.717) is 17.8 Å². The van der Waals surface area contributed by atoms with Crippen molar-refractivity contribution in [1.29, 1.82) is 0 Å². The van der Waals surface area contributed by atoms with Crippen molar-refractivity contribution in [2.45, 2.75) is 13.3 Å². The average Bonchev–Trinajstić information content (AvgIpc) is 2.38. The lowest BCUT2D eigenvalue weighted by Gasteiger charge is -2.18. The number of hydrogen-bond acceptors (Lipinski definition) is 3. The van der Waals surface area contributed by atoms with Gasteiger partial charge in [-0.3, -0.25) is 0 Å². The Hall–Kier alpha value is -2.04. The number of amides is 2. The topological polar surface area (TPSA) is 58.6 Å². The minimum atomic E-state index is -0.468. The highest BCUT2D eigenvalue weighted by Crippen LogP contribution is 2.16. The van der Waals surface area contributed by atoms with Crippen LogP contribution in [0.5, 0.6) is 0 Å². The third-order valence-electron chi connectivity index (χ3n) is 2.48. The highest BCUT2D eigenvalue weighted by Gasteiger charge is 2.14. The summed E-state index contributed by atoms with van der Waals surface area (Å²) in [5.74, 6) is -0.468. The Labute approximate surface area is 107 Å². The van der Waals surface area contributed by atoms with Gasteiger partial charge in [-0.25, -0.2) is 9.59 Å². The molecule has 0 atom stereocenters. The summed E-state index contributed by atoms with van der Waals surface area (Å²) in [5, 5.41) is 2.70. The second kappa shape index (κ2) is 6.64. The summed E-state index contributed by atoms with van der Waals surface area (Å²) in [6.07, 6.45) is 0.878. The lowest BCUT2D eigenvalue weighted by molar-refractivity contribution is 0.0602. The summed E-state index contributed by atoms with van der Waals surface area (Å²) in [5.41, 5.74) is 0.801. The maximum Gasteiger partial charge on any atom is 0.339 e. The first-order chi connectivity index (χ1) is 8.60. The smallest absolute Gasteiger partial charge is 0.339 e. The molecule has 0 saturated heterocycles. The SMILES string of the molecule is CCCN(C)C(=O)Nc1ccccc1C(=O)OC. The first-order valence-electron chi connectivity index (χ1n) is 5.79. The van der Waals surface area contributed by atoms with Crippen molar-refractivity contribution in [1.82, 2.24) is 4.90 Å². The Kier molecular flexibility index (Phi) is 5.17. The molecule has 1 aromatic rings. The van der Waals surface area contributed by atoms with E-state index in [0.717, 1.165) is 6.42 Å². The normalized spacial score (nSPS) is 9.72. The predicted octanol–water partition coefficient (Wildman–Crippen LogP) is 2.35. The highest BCUT2D eigenvalue weighted by molar-refractivity contribution is 6.00. The van der Waals surface area contributed by atoms with E-state index in [9.17, 15) is 9.59 Å². The Morgan fingerprint density at radius 1 is 1.33 bits per heavy atom. The molecule has 5 heteroatoms. The van der Waals surface area contributed by atoms with Crippen LogP contribution in [-0.4, -0.2) is 37.6 Å². The Morgan fingerprint density at radius 3 is 2.61 bits per heavy atom. The molecule has 0 saturated carbocycles. The molecule has 1 aromatic carbocycles. The second-order valence-corrected chi connectivity index (χ2v) is 3.89. The van der Waals surface area contributed by atoms with Crippen molar-refractivity contribution in [2.75, 3.05) is 26.0 Å². The molecular formula is C13H18N2O3. The first-order valence-corrected chi connectivity index (χ1v) is 5.79. The lowest BCUT2D eigenvalue weighted by Crippen LogP contribution is -2.32. The van der Waals surface area contributed by atoms with Gasteiger partial charge in [-0.1, -0.05) is 19.1 Å². The van der Waals surface area contributed by atoms with Gasteiger partial charge in [0.05, 0.1) is 18.4 Å². The average molecular weight is 250 g/mol. The maximum absolute atomic E-state index is 11.8. The van der Waals surface area contributed by atoms with Crippen LogP contribution >= 0.6 is 0 Å². The van der Waals surface area contributed by atoms with Crippen molar-refractivity contribution in [2.24, 2.45) is 0 Å². The van der Waals surface area contributed by atoms with Gasteiger partial charge < -0.3 is 15.0 Å². The van der Waals surface area contributed by atoms with Crippen molar-refractivity contribution >= 4 is 17.7 Å². The summed E-state index contributed by atoms with van der Waals surface area (Å²) in [6.45, 7) is 2.65. The van der Waals surface area contributed by atoms with E-state index in [1.165, 1.54) is 7.11 Å². The zero-order chi connectivity index (χ0) is 13.5. The molecule has 0 fully saturated rings. The summed E-state index contributed by atoms with van der Waals surface area (Å²) in [4.78, 5) is 24.9. The molecule has 0 aliphatic carbocycles. The van der Waals surface area contributed by atoms with Crippen LogP contribution in [0.3, 0.4) is 0 Å². The fraction of sp³-hybridized carbons (Fsp3) is 0.385. The zero-order valence-electron chi connectivity index (χ0n) is 10.9. The Bertz CT molecular complexity index is 432. The predicted molar refractivity (Wildman–Crippen MR) is 69.7 cm³/mol. The minimum Gasteiger partial charge on any atom is -0.465 e. The number of carbonyl (C=O) groups is 2. The van der Waals surface area contributed by atoms with Crippen LogP contribution < -0.4 is 5.32 Å². The van der Waals surface area contributed by atoms with Crippen LogP contribution in [0.15, 0.2) is 24.3 Å². The van der Waals surface area contributed by atoms with Crippen LogP contribution in [-0.2, 0) is 4.74 Å². The number of carbonyl (C=O) groups excluding carboxylic acids is 2. The van der Waals surface area contributed by atoms with E-state index in [2.05, 4.69) is 10.1 Å². The van der Waals surface area contributed by atoms with Crippen LogP contribution in [0.2, 0.25) is 0 Å². The van der Waals surface area contributed by atoms with Gasteiger partial charge in [0, 0.05) is 13.6 Å². The number of nitrogens with one attached hydrogen (secondary N) is 1. The van der Waals surface area contributed by atoms with Crippen molar-refractivity contribution < 1.29 is 14.3 Å². The van der Waals surface area contributed by atoms with Gasteiger partial charge >= 0.3 is 12.0 Å².